The number of alkyl halides is 3. The van der Waals surface area contributed by atoms with Crippen LogP contribution in [0, 0.1) is 5.92 Å². The van der Waals surface area contributed by atoms with Crippen molar-refractivity contribution >= 4 is 11.8 Å². The summed E-state index contributed by atoms with van der Waals surface area (Å²) < 4.78 is 43.5. The number of rotatable bonds is 2. The SMILES string of the molecule is O=C(Nc1ccc(C(F)(F)F)nn1)N1CC(c2ccccc2)C2COCCC21. The van der Waals surface area contributed by atoms with E-state index >= 15 is 0 Å². The van der Waals surface area contributed by atoms with Crippen molar-refractivity contribution in [1.82, 2.24) is 15.1 Å². The van der Waals surface area contributed by atoms with E-state index in [1.54, 1.807) is 4.90 Å². The summed E-state index contributed by atoms with van der Waals surface area (Å²) >= 11 is 0. The van der Waals surface area contributed by atoms with Crippen molar-refractivity contribution in [3.63, 3.8) is 0 Å². The van der Waals surface area contributed by atoms with Crippen LogP contribution in [0.3, 0.4) is 0 Å². The Balaban J connectivity index is 1.50. The molecule has 4 rings (SSSR count). The van der Waals surface area contributed by atoms with Gasteiger partial charge in [-0.2, -0.15) is 13.2 Å². The molecular weight excluding hydrogens is 373 g/mol. The number of benzene rings is 1. The van der Waals surface area contributed by atoms with Gasteiger partial charge in [-0.1, -0.05) is 30.3 Å². The Labute approximate surface area is 159 Å². The number of nitrogens with one attached hydrogen (secondary N) is 1. The summed E-state index contributed by atoms with van der Waals surface area (Å²) in [6.45, 7) is 1.67. The predicted molar refractivity (Wildman–Crippen MR) is 94.7 cm³/mol. The number of nitrogens with zero attached hydrogens (tertiary/aromatic N) is 3. The number of urea groups is 1. The van der Waals surface area contributed by atoms with Crippen LogP contribution in [0.25, 0.3) is 0 Å². The van der Waals surface area contributed by atoms with Crippen LogP contribution in [-0.4, -0.2) is 46.9 Å². The van der Waals surface area contributed by atoms with E-state index in [9.17, 15) is 18.0 Å². The number of ether oxygens (including phenoxy) is 1. The fraction of sp³-hybridized carbons (Fsp3) is 0.421. The molecule has 3 atom stereocenters. The highest BCUT2D eigenvalue weighted by atomic mass is 19.4. The van der Waals surface area contributed by atoms with Gasteiger partial charge < -0.3 is 9.64 Å². The lowest BCUT2D eigenvalue weighted by Gasteiger charge is -2.32. The summed E-state index contributed by atoms with van der Waals surface area (Å²) in [7, 11) is 0. The molecule has 3 heterocycles. The first-order valence-electron chi connectivity index (χ1n) is 9.05. The summed E-state index contributed by atoms with van der Waals surface area (Å²) in [6, 6.07) is 11.5. The van der Waals surface area contributed by atoms with Gasteiger partial charge in [0.25, 0.3) is 0 Å². The Hall–Kier alpha value is -2.68. The van der Waals surface area contributed by atoms with E-state index in [2.05, 4.69) is 15.5 Å². The van der Waals surface area contributed by atoms with Gasteiger partial charge in [0.1, 0.15) is 0 Å². The molecule has 6 nitrogen and oxygen atoms in total. The molecule has 0 radical (unpaired) electrons. The Bertz CT molecular complexity index is 829. The van der Waals surface area contributed by atoms with Crippen LogP contribution in [0.4, 0.5) is 23.8 Å². The quantitative estimate of drug-likeness (QED) is 0.849. The van der Waals surface area contributed by atoms with Gasteiger partial charge in [-0.3, -0.25) is 5.32 Å². The van der Waals surface area contributed by atoms with Gasteiger partial charge in [0.15, 0.2) is 11.5 Å². The Morgan fingerprint density at radius 3 is 2.61 bits per heavy atom. The molecular formula is C19H19F3N4O2. The van der Waals surface area contributed by atoms with Gasteiger partial charge in [-0.15, -0.1) is 10.2 Å². The number of fused-ring (bicyclic) bond motifs is 1. The third-order valence-electron chi connectivity index (χ3n) is 5.35. The van der Waals surface area contributed by atoms with Gasteiger partial charge in [-0.05, 0) is 24.1 Å². The molecule has 0 spiro atoms. The van der Waals surface area contributed by atoms with Gasteiger partial charge in [0.05, 0.1) is 6.61 Å². The van der Waals surface area contributed by atoms with E-state index in [1.807, 2.05) is 30.3 Å². The zero-order chi connectivity index (χ0) is 19.7. The van der Waals surface area contributed by atoms with Crippen molar-refractivity contribution in [1.29, 1.82) is 0 Å². The van der Waals surface area contributed by atoms with Crippen LogP contribution in [0.15, 0.2) is 42.5 Å². The highest BCUT2D eigenvalue weighted by Gasteiger charge is 2.46. The molecule has 148 valence electrons. The molecule has 1 aromatic heterocycles. The third-order valence-corrected chi connectivity index (χ3v) is 5.35. The fourth-order valence-corrected chi connectivity index (χ4v) is 4.02. The van der Waals surface area contributed by atoms with Gasteiger partial charge >= 0.3 is 12.2 Å². The van der Waals surface area contributed by atoms with Crippen LogP contribution in [0.1, 0.15) is 23.6 Å². The van der Waals surface area contributed by atoms with E-state index < -0.39 is 11.9 Å². The van der Waals surface area contributed by atoms with Crippen LogP contribution < -0.4 is 5.32 Å². The number of carbonyl (C=O) groups is 1. The summed E-state index contributed by atoms with van der Waals surface area (Å²) in [5, 5.41) is 9.20. The number of hydrogen-bond donors (Lipinski definition) is 1. The fourth-order valence-electron chi connectivity index (χ4n) is 4.02. The highest BCUT2D eigenvalue weighted by Crippen LogP contribution is 2.41. The highest BCUT2D eigenvalue weighted by molar-refractivity contribution is 5.88. The standard InChI is InChI=1S/C19H19F3N4O2/c20-19(21,22)16-6-7-17(25-24-16)23-18(27)26-10-13(12-4-2-1-3-5-12)14-11-28-9-8-15(14)26/h1-7,13-15H,8-11H2,(H,23,25,27). The maximum atomic E-state index is 12.8. The molecule has 2 aliphatic heterocycles. The minimum atomic E-state index is -4.57. The lowest BCUT2D eigenvalue weighted by Crippen LogP contribution is -2.44. The smallest absolute Gasteiger partial charge is 0.381 e. The average Bonchev–Trinajstić information content (AvgIpc) is 3.08. The van der Waals surface area contributed by atoms with Crippen molar-refractivity contribution in [2.75, 3.05) is 25.1 Å². The van der Waals surface area contributed by atoms with Crippen molar-refractivity contribution < 1.29 is 22.7 Å². The zero-order valence-corrected chi connectivity index (χ0v) is 14.9. The van der Waals surface area contributed by atoms with Crippen molar-refractivity contribution in [3.8, 4) is 0 Å². The van der Waals surface area contributed by atoms with Crippen LogP contribution in [0.2, 0.25) is 0 Å². The lowest BCUT2D eigenvalue weighted by molar-refractivity contribution is -0.141. The molecule has 28 heavy (non-hydrogen) atoms. The molecule has 2 amide bonds. The molecule has 1 N–H and O–H groups in total. The van der Waals surface area contributed by atoms with Gasteiger partial charge in [0, 0.05) is 31.0 Å². The number of anilines is 1. The summed E-state index contributed by atoms with van der Waals surface area (Å²) in [6.07, 6.45) is -3.84. The first-order valence-corrected chi connectivity index (χ1v) is 9.05. The Morgan fingerprint density at radius 1 is 1.14 bits per heavy atom. The molecule has 2 saturated heterocycles. The minimum Gasteiger partial charge on any atom is -0.381 e. The number of halogens is 3. The molecule has 3 unspecified atom stereocenters. The second-order valence-electron chi connectivity index (χ2n) is 7.00. The zero-order valence-electron chi connectivity index (χ0n) is 14.9. The third kappa shape index (κ3) is 3.66. The van der Waals surface area contributed by atoms with Crippen molar-refractivity contribution in [2.45, 2.75) is 24.6 Å². The summed E-state index contributed by atoms with van der Waals surface area (Å²) in [5.74, 6) is 0.321. The normalized spacial score (nSPS) is 24.7. The number of amides is 2. The lowest BCUT2D eigenvalue weighted by atomic mass is 9.84. The first-order chi connectivity index (χ1) is 13.4. The van der Waals surface area contributed by atoms with Crippen molar-refractivity contribution in [3.05, 3.63) is 53.7 Å². The number of aromatic nitrogens is 2. The average molecular weight is 392 g/mol. The summed E-state index contributed by atoms with van der Waals surface area (Å²) in [4.78, 5) is 14.6. The molecule has 0 bridgehead atoms. The van der Waals surface area contributed by atoms with Gasteiger partial charge in [0.2, 0.25) is 0 Å². The number of likely N-dealkylation sites (tertiary alicyclic amines) is 1. The first kappa shape index (κ1) is 18.7. The number of hydrogen-bond acceptors (Lipinski definition) is 4. The van der Waals surface area contributed by atoms with Crippen LogP contribution >= 0.6 is 0 Å². The predicted octanol–water partition coefficient (Wildman–Crippen LogP) is 3.53. The molecule has 9 heteroatoms. The molecule has 0 aliphatic carbocycles. The number of carbonyl (C=O) groups excluding carboxylic acids is 1. The topological polar surface area (TPSA) is 67.4 Å². The molecule has 2 aliphatic rings. The Kier molecular flexibility index (Phi) is 4.92. The molecule has 0 saturated carbocycles. The van der Waals surface area contributed by atoms with Gasteiger partial charge in [-0.25, -0.2) is 4.79 Å². The second-order valence-corrected chi connectivity index (χ2v) is 7.00. The van der Waals surface area contributed by atoms with E-state index in [1.165, 1.54) is 0 Å². The second kappa shape index (κ2) is 7.38. The van der Waals surface area contributed by atoms with E-state index in [0.29, 0.717) is 19.8 Å². The van der Waals surface area contributed by atoms with Crippen LogP contribution in [-0.2, 0) is 10.9 Å². The molecule has 1 aromatic carbocycles. The van der Waals surface area contributed by atoms with E-state index in [0.717, 1.165) is 24.1 Å². The maximum Gasteiger partial charge on any atom is 0.435 e. The maximum absolute atomic E-state index is 12.8. The molecule has 2 fully saturated rings. The summed E-state index contributed by atoms with van der Waals surface area (Å²) in [5.41, 5.74) is 0.0490. The van der Waals surface area contributed by atoms with Crippen LogP contribution in [0.5, 0.6) is 0 Å². The monoisotopic (exact) mass is 392 g/mol. The van der Waals surface area contributed by atoms with E-state index in [-0.39, 0.29) is 29.7 Å². The largest absolute Gasteiger partial charge is 0.435 e. The van der Waals surface area contributed by atoms with Crippen molar-refractivity contribution in [2.24, 2.45) is 5.92 Å². The Morgan fingerprint density at radius 2 is 1.93 bits per heavy atom. The molecule has 2 aromatic rings. The minimum absolute atomic E-state index is 0.00947. The van der Waals surface area contributed by atoms with E-state index in [4.69, 9.17) is 4.74 Å².